The summed E-state index contributed by atoms with van der Waals surface area (Å²) in [5, 5.41) is 12.6. The summed E-state index contributed by atoms with van der Waals surface area (Å²) in [5.41, 5.74) is 1.24. The Morgan fingerprint density at radius 3 is 2.64 bits per heavy atom. The van der Waals surface area contributed by atoms with Gasteiger partial charge < -0.3 is 10.4 Å². The predicted molar refractivity (Wildman–Crippen MR) is 57.1 cm³/mol. The van der Waals surface area contributed by atoms with Crippen LogP contribution < -0.4 is 5.32 Å². The lowest BCUT2D eigenvalue weighted by Crippen LogP contribution is -2.17. The van der Waals surface area contributed by atoms with Crippen molar-refractivity contribution in [1.82, 2.24) is 5.32 Å². The number of phenols is 1. The van der Waals surface area contributed by atoms with E-state index in [9.17, 15) is 0 Å². The summed E-state index contributed by atoms with van der Waals surface area (Å²) in [4.78, 5) is 0. The molecular formula is C12H17NO. The molecule has 1 saturated carbocycles. The van der Waals surface area contributed by atoms with Crippen molar-refractivity contribution in [3.63, 3.8) is 0 Å². The van der Waals surface area contributed by atoms with E-state index in [1.807, 2.05) is 12.1 Å². The van der Waals surface area contributed by atoms with Gasteiger partial charge in [-0.2, -0.15) is 0 Å². The van der Waals surface area contributed by atoms with Crippen LogP contribution in [0.25, 0.3) is 0 Å². The lowest BCUT2D eigenvalue weighted by atomic mass is 10.2. The first-order chi connectivity index (χ1) is 6.79. The monoisotopic (exact) mass is 191 g/mol. The highest BCUT2D eigenvalue weighted by Crippen LogP contribution is 2.33. The number of benzene rings is 1. The topological polar surface area (TPSA) is 32.3 Å². The van der Waals surface area contributed by atoms with Crippen molar-refractivity contribution in [3.05, 3.63) is 29.8 Å². The van der Waals surface area contributed by atoms with Crippen molar-refractivity contribution in [1.29, 1.82) is 0 Å². The van der Waals surface area contributed by atoms with E-state index in [0.717, 1.165) is 18.5 Å². The molecule has 0 aromatic heterocycles. The van der Waals surface area contributed by atoms with Crippen molar-refractivity contribution in [2.75, 3.05) is 0 Å². The van der Waals surface area contributed by atoms with E-state index in [-0.39, 0.29) is 0 Å². The normalized spacial score (nSPS) is 24.9. The van der Waals surface area contributed by atoms with Crippen LogP contribution >= 0.6 is 0 Å². The fraction of sp³-hybridized carbons (Fsp3) is 0.500. The van der Waals surface area contributed by atoms with Crippen LogP contribution in [0.15, 0.2) is 24.3 Å². The van der Waals surface area contributed by atoms with Gasteiger partial charge in [-0.05, 0) is 30.0 Å². The fourth-order valence-electron chi connectivity index (χ4n) is 1.81. The van der Waals surface area contributed by atoms with Crippen molar-refractivity contribution in [2.24, 2.45) is 5.92 Å². The third-order valence-electron chi connectivity index (χ3n) is 2.95. The third kappa shape index (κ3) is 2.26. The zero-order valence-electron chi connectivity index (χ0n) is 8.53. The summed E-state index contributed by atoms with van der Waals surface area (Å²) in [5.74, 6) is 1.23. The van der Waals surface area contributed by atoms with Crippen LogP contribution in [0.2, 0.25) is 0 Å². The van der Waals surface area contributed by atoms with Gasteiger partial charge in [0, 0.05) is 12.6 Å². The maximum absolute atomic E-state index is 9.11. The van der Waals surface area contributed by atoms with Crippen LogP contribution in [0.1, 0.15) is 25.3 Å². The Morgan fingerprint density at radius 1 is 1.36 bits per heavy atom. The molecule has 1 aliphatic rings. The number of aromatic hydroxyl groups is 1. The molecule has 2 unspecified atom stereocenters. The summed E-state index contributed by atoms with van der Waals surface area (Å²) in [6.45, 7) is 3.16. The van der Waals surface area contributed by atoms with E-state index >= 15 is 0 Å². The van der Waals surface area contributed by atoms with E-state index < -0.39 is 0 Å². The average Bonchev–Trinajstić information content (AvgIpc) is 2.96. The highest BCUT2D eigenvalue weighted by molar-refractivity contribution is 5.25. The smallest absolute Gasteiger partial charge is 0.115 e. The van der Waals surface area contributed by atoms with Crippen LogP contribution in [0.3, 0.4) is 0 Å². The zero-order valence-corrected chi connectivity index (χ0v) is 8.53. The van der Waals surface area contributed by atoms with E-state index in [4.69, 9.17) is 5.11 Å². The average molecular weight is 191 g/mol. The van der Waals surface area contributed by atoms with E-state index in [1.54, 1.807) is 12.1 Å². The Morgan fingerprint density at radius 2 is 2.07 bits per heavy atom. The van der Waals surface area contributed by atoms with Gasteiger partial charge in [-0.1, -0.05) is 25.5 Å². The molecule has 0 spiro atoms. The zero-order chi connectivity index (χ0) is 9.97. The Labute approximate surface area is 85.0 Å². The van der Waals surface area contributed by atoms with Crippen molar-refractivity contribution in [3.8, 4) is 5.75 Å². The second-order valence-corrected chi connectivity index (χ2v) is 4.06. The minimum atomic E-state index is 0.339. The fourth-order valence-corrected chi connectivity index (χ4v) is 1.81. The van der Waals surface area contributed by atoms with Gasteiger partial charge in [0.25, 0.3) is 0 Å². The molecule has 2 N–H and O–H groups in total. The lowest BCUT2D eigenvalue weighted by molar-refractivity contribution is 0.475. The number of rotatable bonds is 4. The van der Waals surface area contributed by atoms with Gasteiger partial charge in [-0.25, -0.2) is 0 Å². The molecule has 0 amide bonds. The van der Waals surface area contributed by atoms with Gasteiger partial charge in [0.05, 0.1) is 0 Å². The molecule has 0 bridgehead atoms. The second kappa shape index (κ2) is 4.01. The van der Waals surface area contributed by atoms with Gasteiger partial charge in [-0.15, -0.1) is 0 Å². The van der Waals surface area contributed by atoms with Crippen molar-refractivity contribution < 1.29 is 5.11 Å². The molecule has 0 heterocycles. The minimum absolute atomic E-state index is 0.339. The highest BCUT2D eigenvalue weighted by atomic mass is 16.3. The Hall–Kier alpha value is -1.02. The number of phenolic OH excluding ortho intramolecular Hbond substituents is 1. The molecule has 0 radical (unpaired) electrons. The van der Waals surface area contributed by atoms with E-state index in [0.29, 0.717) is 5.75 Å². The molecule has 76 valence electrons. The van der Waals surface area contributed by atoms with E-state index in [2.05, 4.69) is 12.2 Å². The first kappa shape index (κ1) is 9.53. The molecule has 2 atom stereocenters. The SMILES string of the molecule is CCC1CC1NCc1ccc(O)cc1. The summed E-state index contributed by atoms with van der Waals surface area (Å²) in [7, 11) is 0. The van der Waals surface area contributed by atoms with Crippen LogP contribution in [-0.4, -0.2) is 11.1 Å². The molecule has 2 heteroatoms. The molecule has 1 aliphatic carbocycles. The summed E-state index contributed by atoms with van der Waals surface area (Å²) >= 11 is 0. The Balaban J connectivity index is 1.78. The lowest BCUT2D eigenvalue weighted by Gasteiger charge is -2.03. The number of hydrogen-bond acceptors (Lipinski definition) is 2. The third-order valence-corrected chi connectivity index (χ3v) is 2.95. The standard InChI is InChI=1S/C12H17NO/c1-2-10-7-12(10)13-8-9-3-5-11(14)6-4-9/h3-6,10,12-14H,2,7-8H2,1H3. The quantitative estimate of drug-likeness (QED) is 0.765. The molecule has 2 rings (SSSR count). The minimum Gasteiger partial charge on any atom is -0.508 e. The Bertz CT molecular complexity index is 294. The maximum atomic E-state index is 9.11. The summed E-state index contributed by atoms with van der Waals surface area (Å²) < 4.78 is 0. The molecule has 14 heavy (non-hydrogen) atoms. The molecule has 1 aromatic carbocycles. The van der Waals surface area contributed by atoms with Crippen molar-refractivity contribution in [2.45, 2.75) is 32.4 Å². The number of nitrogens with one attached hydrogen (secondary N) is 1. The molecule has 0 saturated heterocycles. The maximum Gasteiger partial charge on any atom is 0.115 e. The summed E-state index contributed by atoms with van der Waals surface area (Å²) in [6.07, 6.45) is 2.61. The van der Waals surface area contributed by atoms with Crippen LogP contribution in [0.4, 0.5) is 0 Å². The Kier molecular flexibility index (Phi) is 2.73. The summed E-state index contributed by atoms with van der Waals surface area (Å²) in [6, 6.07) is 8.13. The first-order valence-electron chi connectivity index (χ1n) is 5.31. The van der Waals surface area contributed by atoms with Gasteiger partial charge in [0.1, 0.15) is 5.75 Å². The first-order valence-corrected chi connectivity index (χ1v) is 5.31. The van der Waals surface area contributed by atoms with E-state index in [1.165, 1.54) is 18.4 Å². The largest absolute Gasteiger partial charge is 0.508 e. The predicted octanol–water partition coefficient (Wildman–Crippen LogP) is 2.28. The van der Waals surface area contributed by atoms with Crippen LogP contribution in [-0.2, 0) is 6.54 Å². The van der Waals surface area contributed by atoms with Crippen LogP contribution in [0, 0.1) is 5.92 Å². The van der Waals surface area contributed by atoms with Gasteiger partial charge in [0.2, 0.25) is 0 Å². The van der Waals surface area contributed by atoms with Gasteiger partial charge >= 0.3 is 0 Å². The van der Waals surface area contributed by atoms with Gasteiger partial charge in [0.15, 0.2) is 0 Å². The molecular weight excluding hydrogens is 174 g/mol. The molecule has 2 nitrogen and oxygen atoms in total. The van der Waals surface area contributed by atoms with Gasteiger partial charge in [-0.3, -0.25) is 0 Å². The number of hydrogen-bond donors (Lipinski definition) is 2. The highest BCUT2D eigenvalue weighted by Gasteiger charge is 2.34. The van der Waals surface area contributed by atoms with Crippen LogP contribution in [0.5, 0.6) is 5.75 Å². The molecule has 1 fully saturated rings. The van der Waals surface area contributed by atoms with Crippen molar-refractivity contribution >= 4 is 0 Å². The molecule has 0 aliphatic heterocycles. The second-order valence-electron chi connectivity index (χ2n) is 4.06. The molecule has 1 aromatic rings.